The van der Waals surface area contributed by atoms with E-state index in [9.17, 15) is 0 Å². The maximum absolute atomic E-state index is 5.81. The van der Waals surface area contributed by atoms with E-state index < -0.39 is 0 Å². The van der Waals surface area contributed by atoms with Crippen LogP contribution in [0.3, 0.4) is 0 Å². The highest BCUT2D eigenvalue weighted by Gasteiger charge is 2.01. The normalized spacial score (nSPS) is 10.6. The highest BCUT2D eigenvalue weighted by atomic mass is 35.5. The third-order valence-corrected chi connectivity index (χ3v) is 2.73. The summed E-state index contributed by atoms with van der Waals surface area (Å²) in [5.74, 6) is 0.560. The summed E-state index contributed by atoms with van der Waals surface area (Å²) in [6, 6.07) is 6.19. The molecule has 1 aromatic carbocycles. The van der Waals surface area contributed by atoms with Crippen molar-refractivity contribution in [2.45, 2.75) is 19.7 Å². The summed E-state index contributed by atoms with van der Waals surface area (Å²) in [6.45, 7) is 4.10. The molecule has 0 bridgehead atoms. The Kier molecular flexibility index (Phi) is 2.78. The van der Waals surface area contributed by atoms with Crippen LogP contribution < -0.4 is 0 Å². The Morgan fingerprint density at radius 3 is 2.67 bits per heavy atom. The highest BCUT2D eigenvalue weighted by molar-refractivity contribution is 6.17. The first-order valence-corrected chi connectivity index (χ1v) is 5.41. The van der Waals surface area contributed by atoms with Crippen molar-refractivity contribution in [1.29, 1.82) is 0 Å². The Morgan fingerprint density at radius 2 is 2.13 bits per heavy atom. The molecule has 15 heavy (non-hydrogen) atoms. The zero-order valence-corrected chi connectivity index (χ0v) is 9.62. The smallest absolute Gasteiger partial charge is 0.0648 e. The molecule has 1 aromatic heterocycles. The van der Waals surface area contributed by atoms with Crippen molar-refractivity contribution in [1.82, 2.24) is 9.78 Å². The topological polar surface area (TPSA) is 17.8 Å². The fourth-order valence-corrected chi connectivity index (χ4v) is 1.83. The lowest BCUT2D eigenvalue weighted by Crippen LogP contribution is -1.96. The van der Waals surface area contributed by atoms with Crippen molar-refractivity contribution >= 4 is 11.6 Å². The number of alkyl halides is 1. The highest BCUT2D eigenvalue weighted by Crippen LogP contribution is 2.16. The molecule has 0 N–H and O–H groups in total. The average molecular weight is 221 g/mol. The molecule has 0 unspecified atom stereocenters. The molecule has 0 aliphatic rings. The number of benzene rings is 1. The Morgan fingerprint density at radius 1 is 1.33 bits per heavy atom. The van der Waals surface area contributed by atoms with Gasteiger partial charge in [-0.2, -0.15) is 5.10 Å². The molecule has 0 aliphatic heterocycles. The summed E-state index contributed by atoms with van der Waals surface area (Å²) < 4.78 is 1.88. The van der Waals surface area contributed by atoms with Gasteiger partial charge >= 0.3 is 0 Å². The molecule has 0 aliphatic carbocycles. The second kappa shape index (κ2) is 4.07. The van der Waals surface area contributed by atoms with Gasteiger partial charge in [0.25, 0.3) is 0 Å². The molecule has 1 heterocycles. The Balaban J connectivity index is 2.42. The first kappa shape index (κ1) is 10.2. The third-order valence-electron chi connectivity index (χ3n) is 2.45. The van der Waals surface area contributed by atoms with Crippen molar-refractivity contribution in [2.24, 2.45) is 0 Å². The zero-order valence-electron chi connectivity index (χ0n) is 8.87. The first-order chi connectivity index (χ1) is 7.20. The van der Waals surface area contributed by atoms with Gasteiger partial charge in [0.2, 0.25) is 0 Å². The van der Waals surface area contributed by atoms with E-state index >= 15 is 0 Å². The second-order valence-electron chi connectivity index (χ2n) is 3.71. The lowest BCUT2D eigenvalue weighted by Gasteiger charge is -2.06. The molecule has 3 heteroatoms. The first-order valence-electron chi connectivity index (χ1n) is 4.88. The predicted octanol–water partition coefficient (Wildman–Crippen LogP) is 3.23. The van der Waals surface area contributed by atoms with E-state index in [1.165, 1.54) is 11.1 Å². The van der Waals surface area contributed by atoms with Gasteiger partial charge in [-0.05, 0) is 42.7 Å². The largest absolute Gasteiger partial charge is 0.241 e. The van der Waals surface area contributed by atoms with Crippen LogP contribution in [0.5, 0.6) is 0 Å². The summed E-state index contributed by atoms with van der Waals surface area (Å²) in [6.07, 6.45) is 3.86. The molecule has 0 saturated carbocycles. The molecule has 0 atom stereocenters. The van der Waals surface area contributed by atoms with Crippen LogP contribution >= 0.6 is 11.6 Å². The quantitative estimate of drug-likeness (QED) is 0.711. The van der Waals surface area contributed by atoms with Crippen LogP contribution in [-0.2, 0) is 5.88 Å². The molecular weight excluding hydrogens is 208 g/mol. The summed E-state index contributed by atoms with van der Waals surface area (Å²) in [4.78, 5) is 0. The van der Waals surface area contributed by atoms with Crippen molar-refractivity contribution < 1.29 is 0 Å². The van der Waals surface area contributed by atoms with Crippen LogP contribution in [0, 0.1) is 13.8 Å². The van der Waals surface area contributed by atoms with Gasteiger partial charge in [-0.25, -0.2) is 4.68 Å². The monoisotopic (exact) mass is 220 g/mol. The van der Waals surface area contributed by atoms with Crippen molar-refractivity contribution in [2.75, 3.05) is 0 Å². The SMILES string of the molecule is Cc1cnn(-c2ccc(CCl)c(C)c2)c1. The van der Waals surface area contributed by atoms with E-state index in [2.05, 4.69) is 24.2 Å². The van der Waals surface area contributed by atoms with Gasteiger partial charge in [0, 0.05) is 12.1 Å². The number of hydrogen-bond acceptors (Lipinski definition) is 1. The Hall–Kier alpha value is -1.28. The van der Waals surface area contributed by atoms with Crippen LogP contribution in [0.25, 0.3) is 5.69 Å². The Bertz CT molecular complexity index is 474. The van der Waals surface area contributed by atoms with E-state index in [-0.39, 0.29) is 0 Å². The molecule has 0 saturated heterocycles. The number of hydrogen-bond donors (Lipinski definition) is 0. The fraction of sp³-hybridized carbons (Fsp3) is 0.250. The van der Waals surface area contributed by atoms with Crippen LogP contribution in [0.2, 0.25) is 0 Å². The van der Waals surface area contributed by atoms with Gasteiger partial charge in [0.15, 0.2) is 0 Å². The lowest BCUT2D eigenvalue weighted by atomic mass is 10.1. The van der Waals surface area contributed by atoms with E-state index in [1.54, 1.807) is 0 Å². The minimum atomic E-state index is 0.560. The van der Waals surface area contributed by atoms with Gasteiger partial charge in [0.05, 0.1) is 11.9 Å². The molecule has 2 nitrogen and oxygen atoms in total. The van der Waals surface area contributed by atoms with Gasteiger partial charge in [-0.1, -0.05) is 6.07 Å². The van der Waals surface area contributed by atoms with E-state index in [4.69, 9.17) is 11.6 Å². The molecule has 0 amide bonds. The molecule has 0 fully saturated rings. The minimum absolute atomic E-state index is 0.560. The fourth-order valence-electron chi connectivity index (χ4n) is 1.53. The minimum Gasteiger partial charge on any atom is -0.241 e. The van der Waals surface area contributed by atoms with Crippen LogP contribution in [0.15, 0.2) is 30.6 Å². The van der Waals surface area contributed by atoms with Crippen molar-refractivity contribution in [3.05, 3.63) is 47.3 Å². The standard InChI is InChI=1S/C12H13ClN2/c1-9-7-14-15(8-9)12-4-3-11(6-13)10(2)5-12/h3-5,7-8H,6H2,1-2H3. The molecule has 2 rings (SSSR count). The Labute approximate surface area is 94.5 Å². The van der Waals surface area contributed by atoms with Crippen molar-refractivity contribution in [3.8, 4) is 5.69 Å². The van der Waals surface area contributed by atoms with Crippen LogP contribution in [0.1, 0.15) is 16.7 Å². The molecular formula is C12H13ClN2. The number of rotatable bonds is 2. The van der Waals surface area contributed by atoms with E-state index in [1.807, 2.05) is 30.1 Å². The second-order valence-corrected chi connectivity index (χ2v) is 3.97. The zero-order chi connectivity index (χ0) is 10.8. The number of halogens is 1. The molecule has 78 valence electrons. The number of aromatic nitrogens is 2. The average Bonchev–Trinajstić information content (AvgIpc) is 2.65. The summed E-state index contributed by atoms with van der Waals surface area (Å²) in [7, 11) is 0. The van der Waals surface area contributed by atoms with Gasteiger partial charge in [0.1, 0.15) is 0 Å². The summed E-state index contributed by atoms with van der Waals surface area (Å²) in [5.41, 5.74) is 4.61. The summed E-state index contributed by atoms with van der Waals surface area (Å²) in [5, 5.41) is 4.27. The molecule has 2 aromatic rings. The van der Waals surface area contributed by atoms with Crippen molar-refractivity contribution in [3.63, 3.8) is 0 Å². The van der Waals surface area contributed by atoms with Gasteiger partial charge in [-0.3, -0.25) is 0 Å². The van der Waals surface area contributed by atoms with Gasteiger partial charge < -0.3 is 0 Å². The van der Waals surface area contributed by atoms with Gasteiger partial charge in [-0.15, -0.1) is 11.6 Å². The number of aryl methyl sites for hydroxylation is 2. The maximum atomic E-state index is 5.81. The summed E-state index contributed by atoms with van der Waals surface area (Å²) >= 11 is 5.81. The molecule has 0 spiro atoms. The molecule has 0 radical (unpaired) electrons. The predicted molar refractivity (Wildman–Crippen MR) is 62.6 cm³/mol. The van der Waals surface area contributed by atoms with Crippen LogP contribution in [0.4, 0.5) is 0 Å². The lowest BCUT2D eigenvalue weighted by molar-refractivity contribution is 0.878. The maximum Gasteiger partial charge on any atom is 0.0648 e. The van der Waals surface area contributed by atoms with E-state index in [0.29, 0.717) is 5.88 Å². The van der Waals surface area contributed by atoms with Crippen LogP contribution in [-0.4, -0.2) is 9.78 Å². The third kappa shape index (κ3) is 2.05. The number of nitrogens with zero attached hydrogens (tertiary/aromatic N) is 2. The van der Waals surface area contributed by atoms with E-state index in [0.717, 1.165) is 11.3 Å².